The van der Waals surface area contributed by atoms with Crippen molar-refractivity contribution >= 4 is 50.7 Å². The second-order valence-corrected chi connectivity index (χ2v) is 12.3. The zero-order chi connectivity index (χ0) is 31.2. The number of sulfonamides is 1. The van der Waals surface area contributed by atoms with Gasteiger partial charge in [-0.25, -0.2) is 8.42 Å². The number of carbonyl (C=O) groups is 2. The van der Waals surface area contributed by atoms with E-state index in [1.54, 1.807) is 37.3 Å². The lowest BCUT2D eigenvalue weighted by Crippen LogP contribution is -2.52. The van der Waals surface area contributed by atoms with Gasteiger partial charge < -0.3 is 10.2 Å². The lowest BCUT2D eigenvalue weighted by Gasteiger charge is -2.33. The first kappa shape index (κ1) is 33.2. The number of amides is 2. The van der Waals surface area contributed by atoms with Gasteiger partial charge in [0.15, 0.2) is 0 Å². The number of hydrogen-bond acceptors (Lipinski definition) is 4. The summed E-state index contributed by atoms with van der Waals surface area (Å²) in [5.41, 5.74) is -1.22. The summed E-state index contributed by atoms with van der Waals surface area (Å²) in [5, 5.41) is 2.78. The maximum absolute atomic E-state index is 13.9. The largest absolute Gasteiger partial charge is 0.416 e. The summed E-state index contributed by atoms with van der Waals surface area (Å²) >= 11 is 12.6. The maximum atomic E-state index is 13.9. The number of halogens is 5. The number of benzene rings is 3. The Morgan fingerprint density at radius 1 is 0.929 bits per heavy atom. The van der Waals surface area contributed by atoms with E-state index in [2.05, 4.69) is 5.32 Å². The number of anilines is 1. The Balaban J connectivity index is 2.13. The van der Waals surface area contributed by atoms with Crippen molar-refractivity contribution < 1.29 is 31.2 Å². The molecule has 42 heavy (non-hydrogen) atoms. The second kappa shape index (κ2) is 13.8. The van der Waals surface area contributed by atoms with Gasteiger partial charge in [0, 0.05) is 17.6 Å². The Bertz CT molecular complexity index is 1520. The van der Waals surface area contributed by atoms with Gasteiger partial charge in [0.1, 0.15) is 12.6 Å². The molecule has 2 amide bonds. The van der Waals surface area contributed by atoms with E-state index in [4.69, 9.17) is 23.2 Å². The zero-order valence-electron chi connectivity index (χ0n) is 23.0. The molecule has 0 heterocycles. The Morgan fingerprint density at radius 2 is 1.55 bits per heavy atom. The van der Waals surface area contributed by atoms with Crippen LogP contribution in [0.15, 0.2) is 77.7 Å². The highest BCUT2D eigenvalue weighted by Gasteiger charge is 2.36. The van der Waals surface area contributed by atoms with Gasteiger partial charge in [0.05, 0.1) is 21.2 Å². The number of nitrogens with one attached hydrogen (secondary N) is 1. The van der Waals surface area contributed by atoms with Crippen LogP contribution in [0.3, 0.4) is 0 Å². The Morgan fingerprint density at radius 3 is 2.14 bits per heavy atom. The minimum atomic E-state index is -4.82. The summed E-state index contributed by atoms with van der Waals surface area (Å²) < 4.78 is 69.1. The molecule has 226 valence electrons. The number of carbonyl (C=O) groups excluding carboxylic acids is 2. The molecule has 0 bridgehead atoms. The fraction of sp³-hybridized carbons (Fsp3) is 0.310. The molecule has 3 aromatic carbocycles. The van der Waals surface area contributed by atoms with Gasteiger partial charge in [-0.1, -0.05) is 66.5 Å². The predicted octanol–water partition coefficient (Wildman–Crippen LogP) is 6.54. The maximum Gasteiger partial charge on any atom is 0.416 e. The molecule has 3 aromatic rings. The molecule has 7 nitrogen and oxygen atoms in total. The number of nitrogens with zero attached hydrogens (tertiary/aromatic N) is 2. The van der Waals surface area contributed by atoms with Crippen molar-refractivity contribution in [2.24, 2.45) is 0 Å². The van der Waals surface area contributed by atoms with Crippen molar-refractivity contribution in [2.45, 2.75) is 56.9 Å². The third kappa shape index (κ3) is 7.96. The van der Waals surface area contributed by atoms with Crippen LogP contribution in [0, 0.1) is 0 Å². The molecule has 0 saturated carbocycles. The standard InChI is InChI=1S/C29H30Cl2F3N3O4S/c1-4-19(2)35-28(39)20(3)36(17-21-10-8-9-13-24(21)30)27(38)18-37(42(40,41)23-11-6-5-7-12-23)26-16-22(29(32,33)34)14-15-25(26)31/h5-16,19-20H,4,17-18H2,1-3H3,(H,35,39)/t19-,20+/m1/s1. The minimum Gasteiger partial charge on any atom is -0.352 e. The molecule has 3 rings (SSSR count). The monoisotopic (exact) mass is 643 g/mol. The van der Waals surface area contributed by atoms with Crippen molar-refractivity contribution in [3.05, 3.63) is 94.0 Å². The van der Waals surface area contributed by atoms with Crippen LogP contribution in [0.1, 0.15) is 38.3 Å². The molecule has 0 aromatic heterocycles. The fourth-order valence-electron chi connectivity index (χ4n) is 3.97. The highest BCUT2D eigenvalue weighted by Crippen LogP contribution is 2.37. The molecule has 0 spiro atoms. The van der Waals surface area contributed by atoms with Crippen LogP contribution in [-0.4, -0.2) is 43.8 Å². The first-order valence-corrected chi connectivity index (χ1v) is 15.1. The van der Waals surface area contributed by atoms with Gasteiger partial charge in [-0.05, 0) is 62.2 Å². The number of alkyl halides is 3. The summed E-state index contributed by atoms with van der Waals surface area (Å²) in [6.07, 6.45) is -4.20. The van der Waals surface area contributed by atoms with Crippen molar-refractivity contribution in [2.75, 3.05) is 10.8 Å². The third-order valence-corrected chi connectivity index (χ3v) is 9.08. The van der Waals surface area contributed by atoms with E-state index in [9.17, 15) is 31.2 Å². The van der Waals surface area contributed by atoms with E-state index in [-0.39, 0.29) is 22.5 Å². The van der Waals surface area contributed by atoms with E-state index < -0.39 is 51.9 Å². The third-order valence-electron chi connectivity index (χ3n) is 6.62. The summed E-state index contributed by atoms with van der Waals surface area (Å²) in [5.74, 6) is -1.37. The first-order chi connectivity index (χ1) is 19.7. The summed E-state index contributed by atoms with van der Waals surface area (Å²) in [7, 11) is -4.61. The van der Waals surface area contributed by atoms with Crippen molar-refractivity contribution in [3.8, 4) is 0 Å². The van der Waals surface area contributed by atoms with Crippen molar-refractivity contribution in [1.29, 1.82) is 0 Å². The van der Waals surface area contributed by atoms with Crippen molar-refractivity contribution in [1.82, 2.24) is 10.2 Å². The number of hydrogen-bond donors (Lipinski definition) is 1. The lowest BCUT2D eigenvalue weighted by molar-refractivity contribution is -0.139. The fourth-order valence-corrected chi connectivity index (χ4v) is 5.88. The number of rotatable bonds is 11. The quantitative estimate of drug-likeness (QED) is 0.257. The average molecular weight is 645 g/mol. The van der Waals surface area contributed by atoms with E-state index in [0.29, 0.717) is 33.4 Å². The average Bonchev–Trinajstić information content (AvgIpc) is 2.95. The molecule has 0 aliphatic carbocycles. The highest BCUT2D eigenvalue weighted by molar-refractivity contribution is 7.92. The van der Waals surface area contributed by atoms with Crippen LogP contribution in [0.2, 0.25) is 10.0 Å². The predicted molar refractivity (Wildman–Crippen MR) is 157 cm³/mol. The molecule has 0 unspecified atom stereocenters. The highest BCUT2D eigenvalue weighted by atomic mass is 35.5. The second-order valence-electron chi connectivity index (χ2n) is 9.60. The van der Waals surface area contributed by atoms with Crippen LogP contribution >= 0.6 is 23.2 Å². The minimum absolute atomic E-state index is 0.177. The summed E-state index contributed by atoms with van der Waals surface area (Å²) in [4.78, 5) is 27.9. The topological polar surface area (TPSA) is 86.8 Å². The zero-order valence-corrected chi connectivity index (χ0v) is 25.4. The van der Waals surface area contributed by atoms with Gasteiger partial charge in [0.2, 0.25) is 11.8 Å². The van der Waals surface area contributed by atoms with E-state index in [1.807, 2.05) is 6.92 Å². The van der Waals surface area contributed by atoms with Crippen LogP contribution in [0.5, 0.6) is 0 Å². The molecule has 0 fully saturated rings. The SMILES string of the molecule is CC[C@@H](C)NC(=O)[C@H](C)N(Cc1ccccc1Cl)C(=O)CN(c1cc(C(F)(F)F)ccc1Cl)S(=O)(=O)c1ccccc1. The molecule has 13 heteroatoms. The normalized spacial score (nSPS) is 13.2. The van der Waals surface area contributed by atoms with Gasteiger partial charge in [0.25, 0.3) is 10.0 Å². The Hall–Kier alpha value is -3.28. The van der Waals surface area contributed by atoms with Gasteiger partial charge in [-0.3, -0.25) is 13.9 Å². The van der Waals surface area contributed by atoms with Crippen LogP contribution in [0.4, 0.5) is 18.9 Å². The molecule has 2 atom stereocenters. The molecular formula is C29H30Cl2F3N3O4S. The van der Waals surface area contributed by atoms with Crippen molar-refractivity contribution in [3.63, 3.8) is 0 Å². The lowest BCUT2D eigenvalue weighted by atomic mass is 10.1. The molecular weight excluding hydrogens is 614 g/mol. The molecule has 0 saturated heterocycles. The summed E-state index contributed by atoms with van der Waals surface area (Å²) in [6.45, 7) is 3.99. The Kier molecular flexibility index (Phi) is 10.9. The van der Waals surface area contributed by atoms with Crippen LogP contribution < -0.4 is 9.62 Å². The molecule has 0 aliphatic heterocycles. The smallest absolute Gasteiger partial charge is 0.352 e. The van der Waals surface area contributed by atoms with E-state index in [0.717, 1.165) is 11.0 Å². The van der Waals surface area contributed by atoms with Crippen LogP contribution in [0.25, 0.3) is 0 Å². The summed E-state index contributed by atoms with van der Waals surface area (Å²) in [6, 6.07) is 14.4. The van der Waals surface area contributed by atoms with Gasteiger partial charge in [-0.15, -0.1) is 0 Å². The Labute approximate surface area is 253 Å². The molecule has 1 N–H and O–H groups in total. The van der Waals surface area contributed by atoms with Gasteiger partial charge in [-0.2, -0.15) is 13.2 Å². The molecule has 0 aliphatic rings. The van der Waals surface area contributed by atoms with Crippen LogP contribution in [-0.2, 0) is 32.3 Å². The van der Waals surface area contributed by atoms with E-state index >= 15 is 0 Å². The first-order valence-electron chi connectivity index (χ1n) is 12.9. The van der Waals surface area contributed by atoms with Gasteiger partial charge >= 0.3 is 6.18 Å². The van der Waals surface area contributed by atoms with E-state index in [1.165, 1.54) is 31.2 Å². The molecule has 0 radical (unpaired) electrons.